The summed E-state index contributed by atoms with van der Waals surface area (Å²) in [4.78, 5) is 15.0. The summed E-state index contributed by atoms with van der Waals surface area (Å²) in [6.07, 6.45) is 2.36. The molecule has 0 aliphatic heterocycles. The molecule has 1 N–H and O–H groups in total. The Morgan fingerprint density at radius 1 is 1.47 bits per heavy atom. The molecule has 0 bridgehead atoms. The summed E-state index contributed by atoms with van der Waals surface area (Å²) in [7, 11) is 0.998. The first-order chi connectivity index (χ1) is 8.82. The number of hydrogen-bond acceptors (Lipinski definition) is 5. The summed E-state index contributed by atoms with van der Waals surface area (Å²) >= 11 is 0. The zero-order valence-electron chi connectivity index (χ0n) is 9.61. The zero-order chi connectivity index (χ0) is 14.2. The van der Waals surface area contributed by atoms with Crippen LogP contribution < -0.4 is 0 Å². The van der Waals surface area contributed by atoms with Crippen LogP contribution in [0.2, 0.25) is 0 Å². The molecule has 0 spiro atoms. The van der Waals surface area contributed by atoms with Gasteiger partial charge in [-0.1, -0.05) is 6.07 Å². The highest BCUT2D eigenvalue weighted by Crippen LogP contribution is 2.23. The van der Waals surface area contributed by atoms with Crippen molar-refractivity contribution in [3.63, 3.8) is 0 Å². The predicted molar refractivity (Wildman–Crippen MR) is 66.1 cm³/mol. The van der Waals surface area contributed by atoms with Gasteiger partial charge in [0.2, 0.25) is 0 Å². The van der Waals surface area contributed by atoms with Gasteiger partial charge in [0.05, 0.1) is 6.20 Å². The van der Waals surface area contributed by atoms with E-state index < -0.39 is 25.6 Å². The summed E-state index contributed by atoms with van der Waals surface area (Å²) < 4.78 is 24.0. The van der Waals surface area contributed by atoms with Crippen LogP contribution in [-0.4, -0.2) is 34.3 Å². The highest BCUT2D eigenvalue weighted by atomic mass is 35.7. The lowest BCUT2D eigenvalue weighted by Gasteiger charge is -2.07. The Hall–Kier alpha value is -1.93. The first-order valence-electron chi connectivity index (χ1n) is 5.00. The molecule has 2 heterocycles. The molecule has 2 aromatic rings. The molecule has 0 saturated carbocycles. The normalized spacial score (nSPS) is 11.5. The molecule has 0 aliphatic carbocycles. The van der Waals surface area contributed by atoms with Gasteiger partial charge in [0, 0.05) is 16.9 Å². The molecule has 0 radical (unpaired) electrons. The van der Waals surface area contributed by atoms with Crippen molar-refractivity contribution in [2.24, 2.45) is 0 Å². The van der Waals surface area contributed by atoms with Crippen LogP contribution in [0.25, 0.3) is 5.82 Å². The smallest absolute Gasteiger partial charge is 0.340 e. The Morgan fingerprint density at radius 2 is 2.16 bits per heavy atom. The van der Waals surface area contributed by atoms with Crippen molar-refractivity contribution in [1.29, 1.82) is 0 Å². The Kier molecular flexibility index (Phi) is 3.29. The molecule has 0 amide bonds. The molecule has 2 rings (SSSR count). The molecule has 0 aliphatic rings. The molecule has 0 aromatic carbocycles. The Bertz CT molecular complexity index is 754. The van der Waals surface area contributed by atoms with Gasteiger partial charge in [-0.15, -0.1) is 0 Å². The number of hydrogen-bond donors (Lipinski definition) is 1. The van der Waals surface area contributed by atoms with E-state index in [4.69, 9.17) is 15.8 Å². The fourth-order valence-corrected chi connectivity index (χ4v) is 2.76. The lowest BCUT2D eigenvalue weighted by molar-refractivity contribution is 0.0692. The van der Waals surface area contributed by atoms with Crippen molar-refractivity contribution in [2.75, 3.05) is 0 Å². The lowest BCUT2D eigenvalue weighted by Crippen LogP contribution is -2.11. The number of carboxylic acid groups (broad SMARTS) is 1. The van der Waals surface area contributed by atoms with Gasteiger partial charge >= 0.3 is 5.97 Å². The first kappa shape index (κ1) is 13.5. The second-order valence-electron chi connectivity index (χ2n) is 3.66. The molecule has 100 valence electrons. The Labute approximate surface area is 112 Å². The van der Waals surface area contributed by atoms with Crippen molar-refractivity contribution in [2.45, 2.75) is 11.9 Å². The van der Waals surface area contributed by atoms with Crippen LogP contribution in [0.5, 0.6) is 0 Å². The van der Waals surface area contributed by atoms with Crippen molar-refractivity contribution in [3.05, 3.63) is 35.7 Å². The quantitative estimate of drug-likeness (QED) is 0.855. The van der Waals surface area contributed by atoms with E-state index in [2.05, 4.69) is 10.1 Å². The SMILES string of the molecule is Cc1cccnc1-n1ncc(C(=O)O)c1S(=O)(=O)Cl. The van der Waals surface area contributed by atoms with E-state index >= 15 is 0 Å². The van der Waals surface area contributed by atoms with Gasteiger partial charge in [-0.05, 0) is 18.6 Å². The van der Waals surface area contributed by atoms with Crippen LogP contribution in [0.3, 0.4) is 0 Å². The van der Waals surface area contributed by atoms with Gasteiger partial charge in [-0.3, -0.25) is 0 Å². The molecule has 0 fully saturated rings. The first-order valence-corrected chi connectivity index (χ1v) is 7.31. The number of halogens is 1. The second kappa shape index (κ2) is 4.63. The number of aryl methyl sites for hydroxylation is 1. The molecule has 0 atom stereocenters. The number of carboxylic acids is 1. The average Bonchev–Trinajstić information content (AvgIpc) is 2.73. The van der Waals surface area contributed by atoms with Crippen LogP contribution in [0.4, 0.5) is 0 Å². The van der Waals surface area contributed by atoms with Crippen LogP contribution >= 0.6 is 10.7 Å². The summed E-state index contributed by atoms with van der Waals surface area (Å²) in [5.41, 5.74) is 0.129. The van der Waals surface area contributed by atoms with E-state index in [1.165, 1.54) is 6.20 Å². The summed E-state index contributed by atoms with van der Waals surface area (Å²) in [6.45, 7) is 1.69. The summed E-state index contributed by atoms with van der Waals surface area (Å²) in [5.74, 6) is -1.23. The minimum atomic E-state index is -4.28. The topological polar surface area (TPSA) is 102 Å². The molecule has 9 heteroatoms. The summed E-state index contributed by atoms with van der Waals surface area (Å²) in [5, 5.41) is 12.1. The largest absolute Gasteiger partial charge is 0.478 e. The fourth-order valence-electron chi connectivity index (χ4n) is 1.57. The van der Waals surface area contributed by atoms with E-state index in [9.17, 15) is 13.2 Å². The van der Waals surface area contributed by atoms with Crippen molar-refractivity contribution < 1.29 is 18.3 Å². The molecule has 7 nitrogen and oxygen atoms in total. The number of carbonyl (C=O) groups is 1. The highest BCUT2D eigenvalue weighted by Gasteiger charge is 2.28. The van der Waals surface area contributed by atoms with Crippen LogP contribution in [0, 0.1) is 6.92 Å². The monoisotopic (exact) mass is 301 g/mol. The molecule has 2 aromatic heterocycles. The van der Waals surface area contributed by atoms with Crippen molar-refractivity contribution in [3.8, 4) is 5.82 Å². The summed E-state index contributed by atoms with van der Waals surface area (Å²) in [6, 6.07) is 3.35. The van der Waals surface area contributed by atoms with Crippen molar-refractivity contribution >= 4 is 25.7 Å². The van der Waals surface area contributed by atoms with Gasteiger partial charge in [0.15, 0.2) is 10.8 Å². The molecule has 0 saturated heterocycles. The maximum absolute atomic E-state index is 11.5. The van der Waals surface area contributed by atoms with Gasteiger partial charge < -0.3 is 5.11 Å². The fraction of sp³-hybridized carbons (Fsp3) is 0.100. The molecule has 19 heavy (non-hydrogen) atoms. The lowest BCUT2D eigenvalue weighted by atomic mass is 10.3. The third-order valence-corrected chi connectivity index (χ3v) is 3.66. The molecule has 0 unspecified atom stereocenters. The Morgan fingerprint density at radius 3 is 2.68 bits per heavy atom. The Balaban J connectivity index is 2.80. The molecular weight excluding hydrogens is 294 g/mol. The van der Waals surface area contributed by atoms with Gasteiger partial charge in [-0.25, -0.2) is 22.9 Å². The van der Waals surface area contributed by atoms with E-state index in [1.807, 2.05) is 0 Å². The van der Waals surface area contributed by atoms with Gasteiger partial charge in [0.1, 0.15) is 5.56 Å². The number of nitrogens with zero attached hydrogens (tertiary/aromatic N) is 3. The maximum Gasteiger partial charge on any atom is 0.340 e. The van der Waals surface area contributed by atoms with E-state index in [0.29, 0.717) is 5.56 Å². The van der Waals surface area contributed by atoms with E-state index in [0.717, 1.165) is 10.9 Å². The number of aromatic carboxylic acids is 1. The van der Waals surface area contributed by atoms with Crippen LogP contribution in [0.15, 0.2) is 29.6 Å². The third-order valence-electron chi connectivity index (χ3n) is 2.37. The van der Waals surface area contributed by atoms with E-state index in [1.54, 1.807) is 19.1 Å². The number of pyridine rings is 1. The third kappa shape index (κ3) is 2.45. The number of aromatic nitrogens is 3. The van der Waals surface area contributed by atoms with Crippen LogP contribution in [0.1, 0.15) is 15.9 Å². The predicted octanol–water partition coefficient (Wildman–Crippen LogP) is 1.20. The maximum atomic E-state index is 11.5. The van der Waals surface area contributed by atoms with Gasteiger partial charge in [0.25, 0.3) is 9.05 Å². The average molecular weight is 302 g/mol. The van der Waals surface area contributed by atoms with Crippen LogP contribution in [-0.2, 0) is 9.05 Å². The second-order valence-corrected chi connectivity index (χ2v) is 6.14. The zero-order valence-corrected chi connectivity index (χ0v) is 11.2. The molecular formula is C10H8ClN3O4S. The van der Waals surface area contributed by atoms with Crippen molar-refractivity contribution in [1.82, 2.24) is 14.8 Å². The van der Waals surface area contributed by atoms with Gasteiger partial charge in [-0.2, -0.15) is 5.10 Å². The minimum Gasteiger partial charge on any atom is -0.478 e. The minimum absolute atomic E-state index is 0.203. The number of rotatable bonds is 3. The van der Waals surface area contributed by atoms with E-state index in [-0.39, 0.29) is 5.82 Å². The standard InChI is InChI=1S/C10H8ClN3O4S/c1-6-3-2-4-12-8(6)14-9(19(11,17)18)7(5-13-14)10(15)16/h2-5H,1H3,(H,15,16). The highest BCUT2D eigenvalue weighted by molar-refractivity contribution is 8.13.